The fourth-order valence-corrected chi connectivity index (χ4v) is 2.76. The van der Waals surface area contributed by atoms with Gasteiger partial charge in [0, 0.05) is 12.6 Å². The van der Waals surface area contributed by atoms with Crippen molar-refractivity contribution in [2.75, 3.05) is 26.3 Å². The molecule has 1 aromatic rings. The first-order valence-corrected chi connectivity index (χ1v) is 8.17. The van der Waals surface area contributed by atoms with Crippen LogP contribution in [0, 0.1) is 0 Å². The highest BCUT2D eigenvalue weighted by Gasteiger charge is 2.19. The Labute approximate surface area is 123 Å². The van der Waals surface area contributed by atoms with Gasteiger partial charge in [0.2, 0.25) is 15.9 Å². The summed E-state index contributed by atoms with van der Waals surface area (Å²) in [4.78, 5) is 11.5. The van der Waals surface area contributed by atoms with Crippen LogP contribution in [0.15, 0.2) is 23.1 Å². The molecule has 1 aromatic carbocycles. The summed E-state index contributed by atoms with van der Waals surface area (Å²) < 4.78 is 37.1. The van der Waals surface area contributed by atoms with Crippen LogP contribution in [0.25, 0.3) is 0 Å². The molecule has 1 amide bonds. The zero-order chi connectivity index (χ0) is 15.3. The topological polar surface area (TPSA) is 93.7 Å². The number of ether oxygens (including phenoxy) is 2. The van der Waals surface area contributed by atoms with Crippen LogP contribution >= 0.6 is 0 Å². The van der Waals surface area contributed by atoms with Crippen molar-refractivity contribution < 1.29 is 22.7 Å². The van der Waals surface area contributed by atoms with Gasteiger partial charge in [0.15, 0.2) is 11.5 Å². The van der Waals surface area contributed by atoms with Gasteiger partial charge in [0.1, 0.15) is 13.2 Å². The number of amides is 1. The Hall–Kier alpha value is -1.80. The van der Waals surface area contributed by atoms with Crippen LogP contribution in [0.3, 0.4) is 0 Å². The summed E-state index contributed by atoms with van der Waals surface area (Å²) in [5.41, 5.74) is 0. The first-order valence-electron chi connectivity index (χ1n) is 6.69. The zero-order valence-electron chi connectivity index (χ0n) is 11.7. The van der Waals surface area contributed by atoms with E-state index in [-0.39, 0.29) is 17.3 Å². The van der Waals surface area contributed by atoms with Crippen molar-refractivity contribution in [1.29, 1.82) is 0 Å². The van der Waals surface area contributed by atoms with Crippen LogP contribution in [0.2, 0.25) is 0 Å². The maximum absolute atomic E-state index is 12.1. The molecule has 21 heavy (non-hydrogen) atoms. The molecular weight excluding hydrogens is 296 g/mol. The predicted octanol–water partition coefficient (Wildman–Crippen LogP) is 0.262. The monoisotopic (exact) mass is 314 g/mol. The first-order chi connectivity index (χ1) is 10.0. The Morgan fingerprint density at radius 3 is 2.67 bits per heavy atom. The van der Waals surface area contributed by atoms with Crippen molar-refractivity contribution in [3.63, 3.8) is 0 Å². The first kappa shape index (κ1) is 15.6. The van der Waals surface area contributed by atoms with E-state index in [1.165, 1.54) is 12.1 Å². The molecule has 7 nitrogen and oxygen atoms in total. The quantitative estimate of drug-likeness (QED) is 0.786. The van der Waals surface area contributed by atoms with Crippen molar-refractivity contribution in [2.24, 2.45) is 0 Å². The van der Waals surface area contributed by atoms with Gasteiger partial charge < -0.3 is 14.8 Å². The van der Waals surface area contributed by atoms with Gasteiger partial charge in [0.25, 0.3) is 0 Å². The minimum Gasteiger partial charge on any atom is -0.486 e. The van der Waals surface area contributed by atoms with Crippen molar-refractivity contribution in [3.8, 4) is 11.5 Å². The Balaban J connectivity index is 2.04. The average Bonchev–Trinajstić information content (AvgIpc) is 2.50. The second-order valence-electron chi connectivity index (χ2n) is 4.48. The molecule has 0 spiro atoms. The summed E-state index contributed by atoms with van der Waals surface area (Å²) in [6, 6.07) is 4.35. The van der Waals surface area contributed by atoms with Gasteiger partial charge in [-0.2, -0.15) is 0 Å². The van der Waals surface area contributed by atoms with E-state index in [0.29, 0.717) is 31.3 Å². The van der Waals surface area contributed by atoms with Gasteiger partial charge in [0.05, 0.1) is 11.4 Å². The molecule has 1 aliphatic heterocycles. The van der Waals surface area contributed by atoms with E-state index in [1.807, 2.05) is 6.92 Å². The number of nitrogens with one attached hydrogen (secondary N) is 2. The number of carbonyl (C=O) groups is 1. The van der Waals surface area contributed by atoms with Crippen molar-refractivity contribution >= 4 is 15.9 Å². The minimum absolute atomic E-state index is 0.0371. The summed E-state index contributed by atoms with van der Waals surface area (Å²) >= 11 is 0. The normalized spacial score (nSPS) is 13.8. The molecule has 0 bridgehead atoms. The number of rotatable bonds is 6. The number of fused-ring (bicyclic) bond motifs is 1. The fourth-order valence-electron chi connectivity index (χ4n) is 1.76. The predicted molar refractivity (Wildman–Crippen MR) is 75.9 cm³/mol. The molecule has 2 N–H and O–H groups in total. The van der Waals surface area contributed by atoms with E-state index in [0.717, 1.165) is 6.42 Å². The summed E-state index contributed by atoms with van der Waals surface area (Å²) in [6.45, 7) is 2.96. The molecule has 0 atom stereocenters. The third-order valence-corrected chi connectivity index (χ3v) is 4.22. The third-order valence-electron chi connectivity index (χ3n) is 2.82. The Morgan fingerprint density at radius 2 is 1.95 bits per heavy atom. The van der Waals surface area contributed by atoms with Crippen LogP contribution < -0.4 is 19.5 Å². The molecule has 0 aliphatic carbocycles. The highest BCUT2D eigenvalue weighted by molar-refractivity contribution is 7.89. The molecule has 0 saturated heterocycles. The number of hydrogen-bond donors (Lipinski definition) is 2. The molecule has 0 saturated carbocycles. The molecule has 1 aliphatic rings. The Morgan fingerprint density at radius 1 is 1.24 bits per heavy atom. The van der Waals surface area contributed by atoms with E-state index < -0.39 is 10.0 Å². The summed E-state index contributed by atoms with van der Waals surface area (Å²) in [6.07, 6.45) is 0.792. The van der Waals surface area contributed by atoms with E-state index >= 15 is 0 Å². The number of sulfonamides is 1. The van der Waals surface area contributed by atoms with Crippen LogP contribution in [-0.2, 0) is 14.8 Å². The van der Waals surface area contributed by atoms with Gasteiger partial charge in [-0.15, -0.1) is 0 Å². The van der Waals surface area contributed by atoms with Gasteiger partial charge in [-0.25, -0.2) is 13.1 Å². The van der Waals surface area contributed by atoms with Crippen LogP contribution in [0.4, 0.5) is 0 Å². The maximum atomic E-state index is 12.1. The lowest BCUT2D eigenvalue weighted by Crippen LogP contribution is -2.37. The van der Waals surface area contributed by atoms with Crippen LogP contribution in [-0.4, -0.2) is 40.6 Å². The molecule has 0 radical (unpaired) electrons. The van der Waals surface area contributed by atoms with E-state index in [1.54, 1.807) is 6.07 Å². The van der Waals surface area contributed by atoms with Crippen molar-refractivity contribution in [3.05, 3.63) is 18.2 Å². The van der Waals surface area contributed by atoms with Crippen LogP contribution in [0.5, 0.6) is 11.5 Å². The third kappa shape index (κ3) is 4.08. The minimum atomic E-state index is -3.76. The van der Waals surface area contributed by atoms with Gasteiger partial charge in [-0.3, -0.25) is 4.79 Å². The zero-order valence-corrected chi connectivity index (χ0v) is 12.5. The largest absolute Gasteiger partial charge is 0.486 e. The van der Waals surface area contributed by atoms with Gasteiger partial charge >= 0.3 is 0 Å². The summed E-state index contributed by atoms with van der Waals surface area (Å²) in [7, 11) is -3.76. The second-order valence-corrected chi connectivity index (χ2v) is 6.25. The Bertz CT molecular complexity index is 615. The molecule has 8 heteroatoms. The highest BCUT2D eigenvalue weighted by Crippen LogP contribution is 2.32. The number of hydrogen-bond acceptors (Lipinski definition) is 5. The molecular formula is C13H18N2O5S. The molecule has 1 heterocycles. The lowest BCUT2D eigenvalue weighted by molar-refractivity contribution is -0.119. The van der Waals surface area contributed by atoms with E-state index in [2.05, 4.69) is 10.0 Å². The lowest BCUT2D eigenvalue weighted by atomic mass is 10.3. The summed E-state index contributed by atoms with van der Waals surface area (Å²) in [5, 5.41) is 2.60. The molecule has 0 fully saturated rings. The standard InChI is InChI=1S/C13H18N2O5S/c1-2-5-14-13(16)9-15-21(17,18)10-3-4-11-12(8-10)20-7-6-19-11/h3-4,8,15H,2,5-7,9H2,1H3,(H,14,16). The highest BCUT2D eigenvalue weighted by atomic mass is 32.2. The average molecular weight is 314 g/mol. The van der Waals surface area contributed by atoms with Gasteiger partial charge in [-0.1, -0.05) is 6.92 Å². The number of benzene rings is 1. The van der Waals surface area contributed by atoms with Gasteiger partial charge in [-0.05, 0) is 18.6 Å². The second kappa shape index (κ2) is 6.77. The summed E-state index contributed by atoms with van der Waals surface area (Å²) in [5.74, 6) is 0.540. The fraction of sp³-hybridized carbons (Fsp3) is 0.462. The molecule has 0 unspecified atom stereocenters. The van der Waals surface area contributed by atoms with E-state index in [9.17, 15) is 13.2 Å². The lowest BCUT2D eigenvalue weighted by Gasteiger charge is -2.18. The van der Waals surface area contributed by atoms with Crippen LogP contribution in [0.1, 0.15) is 13.3 Å². The maximum Gasteiger partial charge on any atom is 0.241 e. The molecule has 116 valence electrons. The molecule has 2 rings (SSSR count). The SMILES string of the molecule is CCCNC(=O)CNS(=O)(=O)c1ccc2c(c1)OCCO2. The van der Waals surface area contributed by atoms with E-state index in [4.69, 9.17) is 9.47 Å². The number of carbonyl (C=O) groups excluding carboxylic acids is 1. The smallest absolute Gasteiger partial charge is 0.241 e. The Kier molecular flexibility index (Phi) is 5.03. The van der Waals surface area contributed by atoms with Crippen molar-refractivity contribution in [2.45, 2.75) is 18.2 Å². The molecule has 0 aromatic heterocycles. The van der Waals surface area contributed by atoms with Crippen molar-refractivity contribution in [1.82, 2.24) is 10.0 Å².